The van der Waals surface area contributed by atoms with Gasteiger partial charge in [0.15, 0.2) is 0 Å². The van der Waals surface area contributed by atoms with Crippen molar-refractivity contribution >= 4 is 39.9 Å². The minimum Gasteiger partial charge on any atom is -0.398 e. The highest BCUT2D eigenvalue weighted by Gasteiger charge is 2.08. The average molecular weight is 398 g/mol. The van der Waals surface area contributed by atoms with Crippen LogP contribution in [-0.2, 0) is 11.3 Å². The predicted molar refractivity (Wildman–Crippen MR) is 90.1 cm³/mol. The summed E-state index contributed by atoms with van der Waals surface area (Å²) in [4.78, 5) is 27.7. The van der Waals surface area contributed by atoms with Crippen LogP contribution in [0.15, 0.2) is 35.5 Å². The van der Waals surface area contributed by atoms with Gasteiger partial charge in [-0.15, -0.1) is 0 Å². The van der Waals surface area contributed by atoms with Crippen LogP contribution in [0.4, 0.5) is 11.4 Å². The predicted octanol–water partition coefficient (Wildman–Crippen LogP) is 1.77. The van der Waals surface area contributed by atoms with E-state index in [1.807, 2.05) is 29.5 Å². The monoisotopic (exact) mass is 398 g/mol. The van der Waals surface area contributed by atoms with E-state index in [9.17, 15) is 9.59 Å². The molecule has 0 aliphatic heterocycles. The van der Waals surface area contributed by atoms with E-state index in [2.05, 4.69) is 10.3 Å². The molecule has 3 N–H and O–H groups in total. The first-order valence-corrected chi connectivity index (χ1v) is 7.42. The first-order valence-electron chi connectivity index (χ1n) is 6.34. The second-order valence-corrected chi connectivity index (χ2v) is 5.72. The highest BCUT2D eigenvalue weighted by atomic mass is 127. The van der Waals surface area contributed by atoms with Crippen LogP contribution >= 0.6 is 22.6 Å². The molecule has 1 amide bonds. The van der Waals surface area contributed by atoms with Gasteiger partial charge in [0.05, 0.1) is 9.90 Å². The molecule has 110 valence electrons. The molecule has 1 aromatic heterocycles. The molecule has 0 saturated heterocycles. The van der Waals surface area contributed by atoms with Crippen molar-refractivity contribution in [3.05, 3.63) is 50.2 Å². The van der Waals surface area contributed by atoms with Crippen molar-refractivity contribution in [1.29, 1.82) is 0 Å². The van der Waals surface area contributed by atoms with E-state index in [-0.39, 0.29) is 24.4 Å². The van der Waals surface area contributed by atoms with Crippen LogP contribution < -0.4 is 16.6 Å². The highest BCUT2D eigenvalue weighted by molar-refractivity contribution is 14.1. The molecule has 6 nitrogen and oxygen atoms in total. The number of carbonyl (C=O) groups excluding carboxylic acids is 1. The lowest BCUT2D eigenvalue weighted by Gasteiger charge is -2.10. The third-order valence-corrected chi connectivity index (χ3v) is 3.83. The summed E-state index contributed by atoms with van der Waals surface area (Å²) in [5.74, 6) is -0.172. The summed E-state index contributed by atoms with van der Waals surface area (Å²) in [5, 5.41) is 2.80. The maximum Gasteiger partial charge on any atom is 0.266 e. The van der Waals surface area contributed by atoms with Crippen molar-refractivity contribution < 1.29 is 4.79 Å². The van der Waals surface area contributed by atoms with Crippen molar-refractivity contribution in [1.82, 2.24) is 9.55 Å². The van der Waals surface area contributed by atoms with E-state index < -0.39 is 0 Å². The van der Waals surface area contributed by atoms with Gasteiger partial charge in [0, 0.05) is 30.5 Å². The summed E-state index contributed by atoms with van der Waals surface area (Å²) in [7, 11) is 0. The summed E-state index contributed by atoms with van der Waals surface area (Å²) < 4.78 is 1.95. The average Bonchev–Trinajstić information content (AvgIpc) is 2.45. The molecule has 1 heterocycles. The van der Waals surface area contributed by atoms with Gasteiger partial charge in [0.1, 0.15) is 0 Å². The molecule has 1 aromatic carbocycles. The van der Waals surface area contributed by atoms with Gasteiger partial charge >= 0.3 is 0 Å². The van der Waals surface area contributed by atoms with Gasteiger partial charge in [0.25, 0.3) is 5.56 Å². The van der Waals surface area contributed by atoms with E-state index in [0.717, 1.165) is 5.56 Å². The number of nitrogens with zero attached hydrogens (tertiary/aromatic N) is 2. The zero-order valence-electron chi connectivity index (χ0n) is 11.5. The lowest BCUT2D eigenvalue weighted by atomic mass is 10.1. The number of halogens is 1. The molecule has 21 heavy (non-hydrogen) atoms. The van der Waals surface area contributed by atoms with Gasteiger partial charge < -0.3 is 11.1 Å². The third kappa shape index (κ3) is 3.81. The van der Waals surface area contributed by atoms with Gasteiger partial charge in [-0.1, -0.05) is 6.07 Å². The first kappa shape index (κ1) is 15.5. The van der Waals surface area contributed by atoms with E-state index in [1.54, 1.807) is 18.2 Å². The lowest BCUT2D eigenvalue weighted by Crippen LogP contribution is -2.25. The van der Waals surface area contributed by atoms with Crippen molar-refractivity contribution in [2.45, 2.75) is 19.9 Å². The smallest absolute Gasteiger partial charge is 0.266 e. The number of carbonyl (C=O) groups is 1. The number of aryl methyl sites for hydroxylation is 1. The van der Waals surface area contributed by atoms with E-state index >= 15 is 0 Å². The molecule has 0 spiro atoms. The number of rotatable bonds is 4. The fourth-order valence-electron chi connectivity index (χ4n) is 1.81. The topological polar surface area (TPSA) is 90.0 Å². The SMILES string of the molecule is Cc1c(N)cccc1NC(=O)CCn1cncc(I)c1=O. The fourth-order valence-corrected chi connectivity index (χ4v) is 2.28. The molecule has 0 saturated carbocycles. The Kier molecular flexibility index (Phi) is 4.94. The molecule has 0 radical (unpaired) electrons. The second-order valence-electron chi connectivity index (χ2n) is 4.56. The lowest BCUT2D eigenvalue weighted by molar-refractivity contribution is -0.116. The Bertz CT molecular complexity index is 727. The molecule has 7 heteroatoms. The zero-order chi connectivity index (χ0) is 15.4. The first-order chi connectivity index (χ1) is 9.99. The Balaban J connectivity index is 2.01. The van der Waals surface area contributed by atoms with E-state index in [0.29, 0.717) is 14.9 Å². The van der Waals surface area contributed by atoms with Gasteiger partial charge in [0.2, 0.25) is 5.91 Å². The summed E-state index contributed by atoms with van der Waals surface area (Å²) in [6, 6.07) is 5.36. The van der Waals surface area contributed by atoms with E-state index in [4.69, 9.17) is 5.73 Å². The number of hydrogen-bond donors (Lipinski definition) is 2. The number of anilines is 2. The van der Waals surface area contributed by atoms with Crippen LogP contribution in [0.1, 0.15) is 12.0 Å². The second kappa shape index (κ2) is 6.70. The minimum atomic E-state index is -0.172. The maximum absolute atomic E-state index is 12.0. The van der Waals surface area contributed by atoms with Crippen LogP contribution in [0.25, 0.3) is 0 Å². The molecule has 2 rings (SSSR count). The van der Waals surface area contributed by atoms with Crippen molar-refractivity contribution in [3.63, 3.8) is 0 Å². The van der Waals surface area contributed by atoms with Crippen molar-refractivity contribution in [2.75, 3.05) is 11.1 Å². The standard InChI is InChI=1S/C14H15IN4O2/c1-9-11(16)3-2-4-12(9)18-13(20)5-6-19-8-17-7-10(15)14(19)21/h2-4,7-8H,5-6,16H2,1H3,(H,18,20). The fraction of sp³-hybridized carbons (Fsp3) is 0.214. The number of benzene rings is 1. The molecule has 2 aromatic rings. The van der Waals surface area contributed by atoms with E-state index in [1.165, 1.54) is 17.1 Å². The number of amides is 1. The van der Waals surface area contributed by atoms with Gasteiger partial charge in [-0.2, -0.15) is 0 Å². The molecule has 0 aliphatic rings. The summed E-state index contributed by atoms with van der Waals surface area (Å²) in [6.07, 6.45) is 3.12. The Morgan fingerprint density at radius 2 is 2.24 bits per heavy atom. The van der Waals surface area contributed by atoms with Crippen LogP contribution in [0.3, 0.4) is 0 Å². The number of nitrogen functional groups attached to an aromatic ring is 1. The maximum atomic E-state index is 12.0. The molecule has 0 aliphatic carbocycles. The largest absolute Gasteiger partial charge is 0.398 e. The third-order valence-electron chi connectivity index (χ3n) is 3.09. The normalized spacial score (nSPS) is 10.4. The van der Waals surface area contributed by atoms with Crippen molar-refractivity contribution in [2.24, 2.45) is 0 Å². The summed E-state index contributed by atoms with van der Waals surface area (Å²) in [6.45, 7) is 2.13. The molecular weight excluding hydrogens is 383 g/mol. The Labute approximate surface area is 135 Å². The Hall–Kier alpha value is -1.90. The van der Waals surface area contributed by atoms with Crippen LogP contribution in [0.2, 0.25) is 0 Å². The van der Waals surface area contributed by atoms with Crippen LogP contribution in [0, 0.1) is 10.5 Å². The van der Waals surface area contributed by atoms with Crippen LogP contribution in [0.5, 0.6) is 0 Å². The summed E-state index contributed by atoms with van der Waals surface area (Å²) in [5.41, 5.74) is 7.80. The minimum absolute atomic E-state index is 0.140. The molecule has 0 bridgehead atoms. The molecular formula is C14H15IN4O2. The summed E-state index contributed by atoms with van der Waals surface area (Å²) >= 11 is 1.92. The number of nitrogens with two attached hydrogens (primary N) is 1. The number of aromatic nitrogens is 2. The van der Waals surface area contributed by atoms with Crippen molar-refractivity contribution in [3.8, 4) is 0 Å². The Morgan fingerprint density at radius 3 is 3.00 bits per heavy atom. The van der Waals surface area contributed by atoms with Gasteiger partial charge in [-0.25, -0.2) is 4.98 Å². The van der Waals surface area contributed by atoms with Gasteiger partial charge in [-0.05, 0) is 47.2 Å². The zero-order valence-corrected chi connectivity index (χ0v) is 13.6. The molecule has 0 fully saturated rings. The van der Waals surface area contributed by atoms with Gasteiger partial charge in [-0.3, -0.25) is 14.2 Å². The number of nitrogens with one attached hydrogen (secondary N) is 1. The van der Waals surface area contributed by atoms with Crippen LogP contribution in [-0.4, -0.2) is 15.5 Å². The number of hydrogen-bond acceptors (Lipinski definition) is 4. The molecule has 0 unspecified atom stereocenters. The Morgan fingerprint density at radius 1 is 1.48 bits per heavy atom. The highest BCUT2D eigenvalue weighted by Crippen LogP contribution is 2.20. The molecule has 0 atom stereocenters. The quantitative estimate of drug-likeness (QED) is 0.607.